The quantitative estimate of drug-likeness (QED) is 0.704. The van der Waals surface area contributed by atoms with Gasteiger partial charge in [-0.3, -0.25) is 0 Å². The molecule has 2 nitrogen and oxygen atoms in total. The van der Waals surface area contributed by atoms with Crippen molar-refractivity contribution >= 4 is 22.1 Å². The standard InChI is InChI=1S/C12H12N2/c1-2-14-11-8-7-9-5-3-4-6-10(9)12(11)13/h2-8,14H,1,13H2. The van der Waals surface area contributed by atoms with E-state index in [0.717, 1.165) is 22.1 Å². The number of nitrogens with two attached hydrogens (primary N) is 1. The van der Waals surface area contributed by atoms with E-state index in [4.69, 9.17) is 5.73 Å². The first kappa shape index (κ1) is 8.63. The number of fused-ring (bicyclic) bond motifs is 1. The van der Waals surface area contributed by atoms with Gasteiger partial charge in [0.25, 0.3) is 0 Å². The highest BCUT2D eigenvalue weighted by molar-refractivity contribution is 5.98. The Hall–Kier alpha value is -1.96. The molecule has 0 unspecified atom stereocenters. The van der Waals surface area contributed by atoms with Crippen molar-refractivity contribution in [3.05, 3.63) is 49.2 Å². The Kier molecular flexibility index (Phi) is 2.11. The predicted molar refractivity (Wildman–Crippen MR) is 62.2 cm³/mol. The molecule has 3 N–H and O–H groups in total. The predicted octanol–water partition coefficient (Wildman–Crippen LogP) is 2.98. The van der Waals surface area contributed by atoms with Gasteiger partial charge < -0.3 is 11.1 Å². The zero-order chi connectivity index (χ0) is 9.97. The third-order valence-electron chi connectivity index (χ3n) is 2.23. The van der Waals surface area contributed by atoms with Crippen LogP contribution in [0.2, 0.25) is 0 Å². The number of nitrogen functional groups attached to an aromatic ring is 1. The van der Waals surface area contributed by atoms with E-state index in [1.807, 2.05) is 36.4 Å². The van der Waals surface area contributed by atoms with E-state index >= 15 is 0 Å². The second kappa shape index (κ2) is 3.42. The van der Waals surface area contributed by atoms with Gasteiger partial charge in [-0.25, -0.2) is 0 Å². The number of rotatable bonds is 2. The molecule has 0 aromatic heterocycles. The first-order chi connectivity index (χ1) is 6.83. The molecule has 0 radical (unpaired) electrons. The third-order valence-corrected chi connectivity index (χ3v) is 2.23. The molecular weight excluding hydrogens is 172 g/mol. The summed E-state index contributed by atoms with van der Waals surface area (Å²) in [5.74, 6) is 0. The van der Waals surface area contributed by atoms with Crippen LogP contribution in [0.25, 0.3) is 10.8 Å². The van der Waals surface area contributed by atoms with Crippen LogP contribution in [0.5, 0.6) is 0 Å². The van der Waals surface area contributed by atoms with E-state index in [0.29, 0.717) is 0 Å². The fourth-order valence-corrected chi connectivity index (χ4v) is 1.53. The van der Waals surface area contributed by atoms with Crippen LogP contribution in [0.15, 0.2) is 49.2 Å². The van der Waals surface area contributed by atoms with Crippen LogP contribution in [0.1, 0.15) is 0 Å². The minimum atomic E-state index is 0.767. The van der Waals surface area contributed by atoms with Crippen LogP contribution in [-0.2, 0) is 0 Å². The normalized spacial score (nSPS) is 10.0. The molecule has 0 fully saturated rings. The zero-order valence-corrected chi connectivity index (χ0v) is 7.83. The SMILES string of the molecule is C=CNc1ccc2ccccc2c1N. The van der Waals surface area contributed by atoms with Crippen molar-refractivity contribution in [3.8, 4) is 0 Å². The molecule has 0 saturated heterocycles. The molecule has 2 rings (SSSR count). The highest BCUT2D eigenvalue weighted by Crippen LogP contribution is 2.28. The average Bonchev–Trinajstić information content (AvgIpc) is 2.23. The Labute approximate surface area is 83.0 Å². The molecule has 14 heavy (non-hydrogen) atoms. The molecule has 0 spiro atoms. The number of anilines is 2. The van der Waals surface area contributed by atoms with Gasteiger partial charge >= 0.3 is 0 Å². The summed E-state index contributed by atoms with van der Waals surface area (Å²) >= 11 is 0. The van der Waals surface area contributed by atoms with E-state index in [1.54, 1.807) is 6.20 Å². The van der Waals surface area contributed by atoms with E-state index in [1.165, 1.54) is 0 Å². The summed E-state index contributed by atoms with van der Waals surface area (Å²) in [6.07, 6.45) is 1.63. The molecular formula is C12H12N2. The topological polar surface area (TPSA) is 38.0 Å². The van der Waals surface area contributed by atoms with Crippen LogP contribution in [0.4, 0.5) is 11.4 Å². The van der Waals surface area contributed by atoms with Crippen molar-refractivity contribution in [1.29, 1.82) is 0 Å². The number of nitrogens with one attached hydrogen (secondary N) is 1. The van der Waals surface area contributed by atoms with Crippen molar-refractivity contribution in [2.75, 3.05) is 11.1 Å². The molecule has 0 aliphatic rings. The molecule has 0 saturated carbocycles. The molecule has 2 heteroatoms. The second-order valence-corrected chi connectivity index (χ2v) is 3.10. The second-order valence-electron chi connectivity index (χ2n) is 3.10. The Morgan fingerprint density at radius 1 is 1.14 bits per heavy atom. The largest absolute Gasteiger partial charge is 0.397 e. The maximum atomic E-state index is 5.99. The smallest absolute Gasteiger partial charge is 0.0632 e. The van der Waals surface area contributed by atoms with Gasteiger partial charge in [0.1, 0.15) is 0 Å². The summed E-state index contributed by atoms with van der Waals surface area (Å²) in [6, 6.07) is 12.0. The fraction of sp³-hybridized carbons (Fsp3) is 0. The summed E-state index contributed by atoms with van der Waals surface area (Å²) < 4.78 is 0. The molecule has 0 heterocycles. The van der Waals surface area contributed by atoms with Crippen LogP contribution >= 0.6 is 0 Å². The monoisotopic (exact) mass is 184 g/mol. The Balaban J connectivity index is 2.68. The maximum absolute atomic E-state index is 5.99. The summed E-state index contributed by atoms with van der Waals surface area (Å²) in [5.41, 5.74) is 7.66. The lowest BCUT2D eigenvalue weighted by Gasteiger charge is -2.08. The van der Waals surface area contributed by atoms with Crippen molar-refractivity contribution in [1.82, 2.24) is 0 Å². The molecule has 70 valence electrons. The lowest BCUT2D eigenvalue weighted by molar-refractivity contribution is 1.62. The molecule has 2 aromatic rings. The molecule has 2 aromatic carbocycles. The first-order valence-corrected chi connectivity index (χ1v) is 4.47. The van der Waals surface area contributed by atoms with E-state index in [2.05, 4.69) is 11.9 Å². The fourth-order valence-electron chi connectivity index (χ4n) is 1.53. The average molecular weight is 184 g/mol. The molecule has 0 atom stereocenters. The van der Waals surface area contributed by atoms with Gasteiger partial charge in [0, 0.05) is 5.39 Å². The zero-order valence-electron chi connectivity index (χ0n) is 7.83. The molecule has 0 aliphatic heterocycles. The van der Waals surface area contributed by atoms with Gasteiger partial charge in [-0.15, -0.1) is 0 Å². The Morgan fingerprint density at radius 2 is 1.93 bits per heavy atom. The lowest BCUT2D eigenvalue weighted by Crippen LogP contribution is -1.95. The van der Waals surface area contributed by atoms with Crippen molar-refractivity contribution in [2.45, 2.75) is 0 Å². The first-order valence-electron chi connectivity index (χ1n) is 4.47. The van der Waals surface area contributed by atoms with Crippen molar-refractivity contribution in [2.24, 2.45) is 0 Å². The van der Waals surface area contributed by atoms with Gasteiger partial charge in [0.15, 0.2) is 0 Å². The highest BCUT2D eigenvalue weighted by atomic mass is 14.9. The van der Waals surface area contributed by atoms with Crippen molar-refractivity contribution < 1.29 is 0 Å². The van der Waals surface area contributed by atoms with E-state index < -0.39 is 0 Å². The Morgan fingerprint density at radius 3 is 2.71 bits per heavy atom. The van der Waals surface area contributed by atoms with Gasteiger partial charge in [-0.05, 0) is 17.7 Å². The highest BCUT2D eigenvalue weighted by Gasteiger charge is 2.01. The molecule has 0 aliphatic carbocycles. The summed E-state index contributed by atoms with van der Waals surface area (Å²) in [6.45, 7) is 3.61. The van der Waals surface area contributed by atoms with Gasteiger partial charge in [-0.1, -0.05) is 36.9 Å². The van der Waals surface area contributed by atoms with Crippen LogP contribution in [0, 0.1) is 0 Å². The van der Waals surface area contributed by atoms with Crippen LogP contribution in [0.3, 0.4) is 0 Å². The Bertz CT molecular complexity index is 475. The van der Waals surface area contributed by atoms with Crippen LogP contribution in [-0.4, -0.2) is 0 Å². The lowest BCUT2D eigenvalue weighted by atomic mass is 10.1. The minimum absolute atomic E-state index is 0.767. The number of hydrogen-bond donors (Lipinski definition) is 2. The third kappa shape index (κ3) is 1.31. The molecule has 0 amide bonds. The van der Waals surface area contributed by atoms with Crippen LogP contribution < -0.4 is 11.1 Å². The van der Waals surface area contributed by atoms with Gasteiger partial charge in [0.2, 0.25) is 0 Å². The van der Waals surface area contributed by atoms with Gasteiger partial charge in [0.05, 0.1) is 11.4 Å². The van der Waals surface area contributed by atoms with E-state index in [9.17, 15) is 0 Å². The summed E-state index contributed by atoms with van der Waals surface area (Å²) in [7, 11) is 0. The van der Waals surface area contributed by atoms with E-state index in [-0.39, 0.29) is 0 Å². The number of benzene rings is 2. The summed E-state index contributed by atoms with van der Waals surface area (Å²) in [4.78, 5) is 0. The van der Waals surface area contributed by atoms with Gasteiger partial charge in [-0.2, -0.15) is 0 Å². The molecule has 0 bridgehead atoms. The minimum Gasteiger partial charge on any atom is -0.397 e. The maximum Gasteiger partial charge on any atom is 0.0632 e. The van der Waals surface area contributed by atoms with Crippen molar-refractivity contribution in [3.63, 3.8) is 0 Å². The number of hydrogen-bond acceptors (Lipinski definition) is 2. The summed E-state index contributed by atoms with van der Waals surface area (Å²) in [5, 5.41) is 5.23.